The Labute approximate surface area is 108 Å². The summed E-state index contributed by atoms with van der Waals surface area (Å²) in [4.78, 5) is 0.348. The van der Waals surface area contributed by atoms with Crippen LogP contribution in [0.5, 0.6) is 5.75 Å². The van der Waals surface area contributed by atoms with Gasteiger partial charge >= 0.3 is 0 Å². The number of rotatable bonds is 4. The Hall–Kier alpha value is -1.07. The lowest BCUT2D eigenvalue weighted by Gasteiger charge is -2.13. The molecule has 0 aromatic heterocycles. The van der Waals surface area contributed by atoms with Crippen LogP contribution in [0.3, 0.4) is 0 Å². The molecule has 1 aliphatic rings. The highest BCUT2D eigenvalue weighted by Gasteiger charge is 2.23. The topological polar surface area (TPSA) is 69.4 Å². The lowest BCUT2D eigenvalue weighted by molar-refractivity contribution is 0.208. The van der Waals surface area contributed by atoms with Gasteiger partial charge in [0.2, 0.25) is 0 Å². The van der Waals surface area contributed by atoms with Crippen molar-refractivity contribution in [3.63, 3.8) is 0 Å². The van der Waals surface area contributed by atoms with E-state index in [2.05, 4.69) is 0 Å². The molecule has 0 bridgehead atoms. The number of benzene rings is 1. The first-order valence-corrected chi connectivity index (χ1v) is 7.91. The van der Waals surface area contributed by atoms with Gasteiger partial charge in [0.05, 0.1) is 10.6 Å². The Balaban J connectivity index is 2.04. The summed E-state index contributed by atoms with van der Waals surface area (Å²) in [6.07, 6.45) is 2.99. The number of hydrogen-bond acceptors (Lipinski definition) is 4. The van der Waals surface area contributed by atoms with Crippen LogP contribution in [0.2, 0.25) is 0 Å². The van der Waals surface area contributed by atoms with Crippen LogP contribution >= 0.6 is 0 Å². The molecule has 0 aliphatic heterocycles. The van der Waals surface area contributed by atoms with Crippen molar-refractivity contribution in [2.45, 2.75) is 43.2 Å². The minimum Gasteiger partial charge on any atom is -0.490 e. The number of sulfone groups is 1. The van der Waals surface area contributed by atoms with Crippen LogP contribution in [0.15, 0.2) is 29.2 Å². The van der Waals surface area contributed by atoms with Crippen molar-refractivity contribution < 1.29 is 13.2 Å². The molecule has 1 aromatic rings. The van der Waals surface area contributed by atoms with E-state index in [1.165, 1.54) is 0 Å². The number of nitrogens with two attached hydrogens (primary N) is 1. The molecular formula is C13H19NO3S. The normalized spacial score (nSPS) is 24.1. The minimum atomic E-state index is -3.13. The van der Waals surface area contributed by atoms with Gasteiger partial charge in [-0.3, -0.25) is 0 Å². The third-order valence-electron chi connectivity index (χ3n) is 3.29. The molecule has 2 rings (SSSR count). The average molecular weight is 269 g/mol. The molecule has 0 radical (unpaired) electrons. The van der Waals surface area contributed by atoms with Gasteiger partial charge in [-0.25, -0.2) is 8.42 Å². The van der Waals surface area contributed by atoms with Gasteiger partial charge in [0.25, 0.3) is 0 Å². The maximum atomic E-state index is 11.6. The second-order valence-electron chi connectivity index (χ2n) is 4.69. The molecule has 4 nitrogen and oxygen atoms in total. The van der Waals surface area contributed by atoms with Crippen molar-refractivity contribution >= 4 is 9.84 Å². The molecule has 0 heterocycles. The molecule has 0 spiro atoms. The summed E-state index contributed by atoms with van der Waals surface area (Å²) in [5, 5.41) is 0. The summed E-state index contributed by atoms with van der Waals surface area (Å²) in [5.74, 6) is 0.828. The van der Waals surface area contributed by atoms with E-state index in [1.807, 2.05) is 0 Å². The van der Waals surface area contributed by atoms with Gasteiger partial charge in [-0.05, 0) is 43.5 Å². The Bertz CT molecular complexity index is 495. The predicted octanol–water partition coefficient (Wildman–Crippen LogP) is 1.74. The average Bonchev–Trinajstić information content (AvgIpc) is 2.75. The number of hydrogen-bond donors (Lipinski definition) is 1. The third-order valence-corrected chi connectivity index (χ3v) is 5.04. The SMILES string of the molecule is CCS(=O)(=O)c1ccc(OC2CCC(N)C2)cc1. The van der Waals surface area contributed by atoms with Gasteiger partial charge in [-0.2, -0.15) is 0 Å². The second-order valence-corrected chi connectivity index (χ2v) is 6.97. The van der Waals surface area contributed by atoms with Crippen molar-refractivity contribution in [3.8, 4) is 5.75 Å². The molecule has 0 saturated heterocycles. The first-order chi connectivity index (χ1) is 8.51. The van der Waals surface area contributed by atoms with Gasteiger partial charge in [-0.15, -0.1) is 0 Å². The van der Waals surface area contributed by atoms with Crippen molar-refractivity contribution in [1.29, 1.82) is 0 Å². The van der Waals surface area contributed by atoms with Crippen LogP contribution in [-0.4, -0.2) is 26.3 Å². The minimum absolute atomic E-state index is 0.116. The van der Waals surface area contributed by atoms with Gasteiger partial charge in [0, 0.05) is 6.04 Å². The van der Waals surface area contributed by atoms with E-state index < -0.39 is 9.84 Å². The molecule has 100 valence electrons. The third kappa shape index (κ3) is 3.03. The monoisotopic (exact) mass is 269 g/mol. The van der Waals surface area contributed by atoms with E-state index in [1.54, 1.807) is 31.2 Å². The summed E-state index contributed by atoms with van der Waals surface area (Å²) in [7, 11) is -3.13. The van der Waals surface area contributed by atoms with E-state index in [0.717, 1.165) is 19.3 Å². The highest BCUT2D eigenvalue weighted by Crippen LogP contribution is 2.24. The van der Waals surface area contributed by atoms with Crippen molar-refractivity contribution in [2.75, 3.05) is 5.75 Å². The van der Waals surface area contributed by atoms with Crippen LogP contribution in [0.25, 0.3) is 0 Å². The fourth-order valence-corrected chi connectivity index (χ4v) is 3.05. The molecule has 1 fully saturated rings. The second kappa shape index (κ2) is 5.28. The van der Waals surface area contributed by atoms with Crippen molar-refractivity contribution in [1.82, 2.24) is 0 Å². The fraction of sp³-hybridized carbons (Fsp3) is 0.538. The zero-order valence-electron chi connectivity index (χ0n) is 10.5. The van der Waals surface area contributed by atoms with E-state index in [4.69, 9.17) is 10.5 Å². The molecule has 1 saturated carbocycles. The van der Waals surface area contributed by atoms with Crippen LogP contribution < -0.4 is 10.5 Å². The summed E-state index contributed by atoms with van der Waals surface area (Å²) in [6, 6.07) is 6.86. The molecule has 5 heteroatoms. The zero-order chi connectivity index (χ0) is 13.2. The van der Waals surface area contributed by atoms with Crippen LogP contribution in [0, 0.1) is 0 Å². The van der Waals surface area contributed by atoms with E-state index in [0.29, 0.717) is 10.6 Å². The summed E-state index contributed by atoms with van der Waals surface area (Å²) in [6.45, 7) is 1.64. The summed E-state index contributed by atoms with van der Waals surface area (Å²) < 4.78 is 29.1. The van der Waals surface area contributed by atoms with Gasteiger partial charge in [0.1, 0.15) is 11.9 Å². The molecule has 2 atom stereocenters. The summed E-state index contributed by atoms with van der Waals surface area (Å²) >= 11 is 0. The van der Waals surface area contributed by atoms with Crippen LogP contribution in [-0.2, 0) is 9.84 Å². The Morgan fingerprint density at radius 1 is 1.28 bits per heavy atom. The van der Waals surface area contributed by atoms with E-state index >= 15 is 0 Å². The Morgan fingerprint density at radius 2 is 1.94 bits per heavy atom. The molecule has 2 unspecified atom stereocenters. The van der Waals surface area contributed by atoms with Crippen LogP contribution in [0.4, 0.5) is 0 Å². The van der Waals surface area contributed by atoms with Gasteiger partial charge in [-0.1, -0.05) is 6.92 Å². The quantitative estimate of drug-likeness (QED) is 0.904. The molecular weight excluding hydrogens is 250 g/mol. The smallest absolute Gasteiger partial charge is 0.178 e. The maximum Gasteiger partial charge on any atom is 0.178 e. The highest BCUT2D eigenvalue weighted by molar-refractivity contribution is 7.91. The summed E-state index contributed by atoms with van der Waals surface area (Å²) in [5.41, 5.74) is 5.82. The first kappa shape index (κ1) is 13.4. The molecule has 18 heavy (non-hydrogen) atoms. The highest BCUT2D eigenvalue weighted by atomic mass is 32.2. The molecule has 1 aromatic carbocycles. The maximum absolute atomic E-state index is 11.6. The molecule has 1 aliphatic carbocycles. The molecule has 0 amide bonds. The van der Waals surface area contributed by atoms with E-state index in [9.17, 15) is 8.42 Å². The standard InChI is InChI=1S/C13H19NO3S/c1-2-18(15,16)13-7-5-11(6-8-13)17-12-4-3-10(14)9-12/h5-8,10,12H,2-4,9,14H2,1H3. The van der Waals surface area contributed by atoms with Gasteiger partial charge < -0.3 is 10.5 Å². The largest absolute Gasteiger partial charge is 0.490 e. The van der Waals surface area contributed by atoms with Gasteiger partial charge in [0.15, 0.2) is 9.84 Å². The van der Waals surface area contributed by atoms with Crippen molar-refractivity contribution in [2.24, 2.45) is 5.73 Å². The number of ether oxygens (including phenoxy) is 1. The van der Waals surface area contributed by atoms with Crippen molar-refractivity contribution in [3.05, 3.63) is 24.3 Å². The Morgan fingerprint density at radius 3 is 2.44 bits per heavy atom. The Kier molecular flexibility index (Phi) is 3.92. The predicted molar refractivity (Wildman–Crippen MR) is 70.4 cm³/mol. The first-order valence-electron chi connectivity index (χ1n) is 6.26. The van der Waals surface area contributed by atoms with E-state index in [-0.39, 0.29) is 17.9 Å². The van der Waals surface area contributed by atoms with Crippen LogP contribution in [0.1, 0.15) is 26.2 Å². The molecule has 2 N–H and O–H groups in total. The zero-order valence-corrected chi connectivity index (χ0v) is 11.3. The lowest BCUT2D eigenvalue weighted by atomic mass is 10.3. The lowest BCUT2D eigenvalue weighted by Crippen LogP contribution is -2.19. The fourth-order valence-electron chi connectivity index (χ4n) is 2.17.